The molecule has 2 aliphatic rings. The van der Waals surface area contributed by atoms with Crippen molar-refractivity contribution in [3.8, 4) is 0 Å². The lowest BCUT2D eigenvalue weighted by atomic mass is 9.80. The van der Waals surface area contributed by atoms with Gasteiger partial charge in [0.25, 0.3) is 5.60 Å². The van der Waals surface area contributed by atoms with Gasteiger partial charge in [-0.2, -0.15) is 0 Å². The van der Waals surface area contributed by atoms with Crippen LogP contribution in [0, 0.1) is 0 Å². The van der Waals surface area contributed by atoms with E-state index in [-0.39, 0.29) is 0 Å². The molecule has 0 aromatic carbocycles. The van der Waals surface area contributed by atoms with Gasteiger partial charge >= 0.3 is 35.8 Å². The molecule has 178 valence electrons. The summed E-state index contributed by atoms with van der Waals surface area (Å²) in [4.78, 5) is 90.5. The lowest BCUT2D eigenvalue weighted by Gasteiger charge is -2.37. The number of methoxy groups -OCH3 is 6. The summed E-state index contributed by atoms with van der Waals surface area (Å²) in [5, 5.41) is 0. The van der Waals surface area contributed by atoms with Crippen LogP contribution in [-0.4, -0.2) is 95.5 Å². The molecule has 2 unspecified atom stereocenters. The Labute approximate surface area is 185 Å². The molecule has 2 aliphatic heterocycles. The fourth-order valence-electron chi connectivity index (χ4n) is 3.60. The van der Waals surface area contributed by atoms with Gasteiger partial charge in [-0.05, 0) is 0 Å². The molecule has 2 rings (SSSR count). The van der Waals surface area contributed by atoms with E-state index in [4.69, 9.17) is 4.74 Å². The van der Waals surface area contributed by atoms with E-state index in [9.17, 15) is 33.6 Å². The van der Waals surface area contributed by atoms with Crippen LogP contribution in [-0.2, 0) is 66.7 Å². The van der Waals surface area contributed by atoms with Crippen LogP contribution in [0.25, 0.3) is 0 Å². The van der Waals surface area contributed by atoms with Crippen molar-refractivity contribution in [2.24, 2.45) is 0 Å². The fraction of sp³-hybridized carbons (Fsp3) is 0.421. The first-order valence-corrected chi connectivity index (χ1v) is 8.76. The maximum atomic E-state index is 13.5. The number of ether oxygens (including phenoxy) is 7. The van der Waals surface area contributed by atoms with E-state index in [1.165, 1.54) is 0 Å². The Bertz CT molecular complexity index is 1050. The van der Waals surface area contributed by atoms with Crippen molar-refractivity contribution in [3.05, 3.63) is 22.3 Å². The fourth-order valence-corrected chi connectivity index (χ4v) is 3.60. The molecule has 0 aromatic rings. The Hall–Kier alpha value is -4.07. The topological polar surface area (TPSA) is 184 Å². The molecule has 0 fully saturated rings. The highest BCUT2D eigenvalue weighted by Gasteiger charge is 2.78. The molecule has 0 N–H and O–H groups in total. The van der Waals surface area contributed by atoms with Crippen LogP contribution >= 0.6 is 0 Å². The lowest BCUT2D eigenvalue weighted by Crippen LogP contribution is -2.62. The molecule has 2 bridgehead atoms. The van der Waals surface area contributed by atoms with E-state index in [0.29, 0.717) is 0 Å². The van der Waals surface area contributed by atoms with Crippen molar-refractivity contribution in [1.29, 1.82) is 0 Å². The average molecular weight is 470 g/mol. The van der Waals surface area contributed by atoms with E-state index in [2.05, 4.69) is 28.4 Å². The minimum absolute atomic E-state index is 0.788. The van der Waals surface area contributed by atoms with Crippen molar-refractivity contribution in [2.75, 3.05) is 42.7 Å². The van der Waals surface area contributed by atoms with Crippen molar-refractivity contribution >= 4 is 41.6 Å². The van der Waals surface area contributed by atoms with Gasteiger partial charge < -0.3 is 33.2 Å². The van der Waals surface area contributed by atoms with Gasteiger partial charge in [-0.15, -0.1) is 0 Å². The summed E-state index contributed by atoms with van der Waals surface area (Å²) in [6, 6.07) is 0. The number of carbonyl (C=O) groups excluding carboxylic acids is 7. The van der Waals surface area contributed by atoms with E-state index in [0.717, 1.165) is 42.7 Å². The smallest absolute Gasteiger partial charge is 0.351 e. The molecule has 0 saturated heterocycles. The minimum Gasteiger partial charge on any atom is -0.466 e. The lowest BCUT2D eigenvalue weighted by molar-refractivity contribution is -0.191. The molecule has 0 amide bonds. The molecule has 0 aliphatic carbocycles. The highest BCUT2D eigenvalue weighted by Crippen LogP contribution is 2.54. The molecule has 2 heterocycles. The Kier molecular flexibility index (Phi) is 6.73. The summed E-state index contributed by atoms with van der Waals surface area (Å²) in [5.74, 6) is -11.0. The Morgan fingerprint density at radius 3 is 1.30 bits per heavy atom. The van der Waals surface area contributed by atoms with Gasteiger partial charge in [-0.3, -0.25) is 4.79 Å². The molecule has 2 atom stereocenters. The molecule has 0 saturated carbocycles. The number of hydrogen-bond donors (Lipinski definition) is 0. The van der Waals surface area contributed by atoms with Crippen LogP contribution in [0.2, 0.25) is 0 Å². The normalized spacial score (nSPS) is 23.5. The summed E-state index contributed by atoms with van der Waals surface area (Å²) >= 11 is 0. The number of esters is 6. The quantitative estimate of drug-likeness (QED) is 0.175. The molecule has 0 radical (unpaired) electrons. The average Bonchev–Trinajstić information content (AvgIpc) is 3.13. The van der Waals surface area contributed by atoms with E-state index >= 15 is 0 Å². The van der Waals surface area contributed by atoms with Crippen molar-refractivity contribution in [2.45, 2.75) is 11.2 Å². The zero-order valence-electron chi connectivity index (χ0n) is 18.2. The number of Topliss-reactive ketones (excluding diaryl/α,β-unsaturated/α-hetero) is 1. The first-order valence-electron chi connectivity index (χ1n) is 8.76. The van der Waals surface area contributed by atoms with Crippen LogP contribution in [0.1, 0.15) is 0 Å². The zero-order chi connectivity index (χ0) is 25.3. The maximum Gasteiger partial charge on any atom is 0.351 e. The summed E-state index contributed by atoms with van der Waals surface area (Å²) in [6.45, 7) is 0. The second-order valence-electron chi connectivity index (χ2n) is 6.24. The minimum atomic E-state index is -3.25. The number of ketones is 1. The third-order valence-corrected chi connectivity index (χ3v) is 4.91. The first kappa shape index (κ1) is 25.2. The Morgan fingerprint density at radius 1 is 0.545 bits per heavy atom. The van der Waals surface area contributed by atoms with Crippen LogP contribution in [0.5, 0.6) is 0 Å². The van der Waals surface area contributed by atoms with Gasteiger partial charge in [-0.25, -0.2) is 28.8 Å². The number of rotatable bonds is 6. The van der Waals surface area contributed by atoms with Gasteiger partial charge in [0.1, 0.15) is 16.7 Å². The van der Waals surface area contributed by atoms with Crippen molar-refractivity contribution in [1.82, 2.24) is 0 Å². The number of hydrogen-bond acceptors (Lipinski definition) is 14. The molecule has 14 heteroatoms. The van der Waals surface area contributed by atoms with Gasteiger partial charge in [0.05, 0.1) is 48.2 Å². The predicted molar refractivity (Wildman–Crippen MR) is 97.7 cm³/mol. The molecular formula is C19H18O14. The third-order valence-electron chi connectivity index (χ3n) is 4.91. The van der Waals surface area contributed by atoms with Crippen LogP contribution < -0.4 is 0 Å². The van der Waals surface area contributed by atoms with Crippen LogP contribution in [0.4, 0.5) is 0 Å². The zero-order valence-corrected chi connectivity index (χ0v) is 18.2. The van der Waals surface area contributed by atoms with Crippen LogP contribution in [0.15, 0.2) is 22.3 Å². The number of carbonyl (C=O) groups is 7. The van der Waals surface area contributed by atoms with E-state index < -0.39 is 75.1 Å². The molecule has 14 nitrogen and oxygen atoms in total. The van der Waals surface area contributed by atoms with Gasteiger partial charge in [-0.1, -0.05) is 0 Å². The maximum absolute atomic E-state index is 13.5. The SMILES string of the molecule is COC(=O)C1=C(C(=O)OC)C2(C(=O)OC)OC(C(=O)OC)(C1=O)C(C(=O)OC)=C2C(=O)OC. The monoisotopic (exact) mass is 470 g/mol. The van der Waals surface area contributed by atoms with Crippen LogP contribution in [0.3, 0.4) is 0 Å². The van der Waals surface area contributed by atoms with E-state index in [1.807, 2.05) is 0 Å². The molecule has 0 aromatic heterocycles. The standard InChI is InChI=1S/C19H18O14/c1-27-12(21)7-8(13(22)28-2)18(16(25)31-5)9(14(23)29-3)10(15(24)30-4)19(33-18,11(7)20)17(26)32-6/h1-6H3. The summed E-state index contributed by atoms with van der Waals surface area (Å²) < 4.78 is 33.1. The van der Waals surface area contributed by atoms with Crippen molar-refractivity contribution in [3.63, 3.8) is 0 Å². The largest absolute Gasteiger partial charge is 0.466 e. The third kappa shape index (κ3) is 3.09. The summed E-state index contributed by atoms with van der Waals surface area (Å²) in [5.41, 5.74) is -11.1. The van der Waals surface area contributed by atoms with Gasteiger partial charge in [0, 0.05) is 0 Å². The molecule has 0 spiro atoms. The van der Waals surface area contributed by atoms with E-state index in [1.54, 1.807) is 0 Å². The highest BCUT2D eigenvalue weighted by atomic mass is 16.6. The highest BCUT2D eigenvalue weighted by molar-refractivity contribution is 6.38. The van der Waals surface area contributed by atoms with Crippen molar-refractivity contribution < 1.29 is 66.7 Å². The molecule has 33 heavy (non-hydrogen) atoms. The number of fused-ring (bicyclic) bond motifs is 2. The second-order valence-corrected chi connectivity index (χ2v) is 6.24. The Morgan fingerprint density at radius 2 is 0.909 bits per heavy atom. The van der Waals surface area contributed by atoms with Gasteiger partial charge in [0.15, 0.2) is 0 Å². The molecular weight excluding hydrogens is 452 g/mol. The predicted octanol–water partition coefficient (Wildman–Crippen LogP) is -2.29. The summed E-state index contributed by atoms with van der Waals surface area (Å²) in [6.07, 6.45) is 0. The van der Waals surface area contributed by atoms with Gasteiger partial charge in [0.2, 0.25) is 11.4 Å². The summed E-state index contributed by atoms with van der Waals surface area (Å²) in [7, 11) is 4.87. The second kappa shape index (κ2) is 8.82. The first-order chi connectivity index (χ1) is 15.5. The Balaban J connectivity index is 3.33.